The SMILES string of the molecule is COC(=O)C1CCN(C(=O)CN2CCC[C@H]2c2cccc(OC)c2)CC1. The Morgan fingerprint density at radius 3 is 2.58 bits per heavy atom. The van der Waals surface area contributed by atoms with E-state index in [1.54, 1.807) is 7.11 Å². The van der Waals surface area contributed by atoms with E-state index < -0.39 is 0 Å². The van der Waals surface area contributed by atoms with Gasteiger partial charge in [0.25, 0.3) is 0 Å². The predicted octanol–water partition coefficient (Wildman–Crippen LogP) is 2.24. The minimum atomic E-state index is -0.158. The zero-order valence-electron chi connectivity index (χ0n) is 15.6. The predicted molar refractivity (Wildman–Crippen MR) is 97.9 cm³/mol. The van der Waals surface area contributed by atoms with E-state index in [1.165, 1.54) is 12.7 Å². The number of hydrogen-bond acceptors (Lipinski definition) is 5. The van der Waals surface area contributed by atoms with Crippen molar-refractivity contribution in [2.45, 2.75) is 31.7 Å². The fraction of sp³-hybridized carbons (Fsp3) is 0.600. The van der Waals surface area contributed by atoms with E-state index in [0.717, 1.165) is 25.1 Å². The maximum absolute atomic E-state index is 12.7. The molecule has 0 spiro atoms. The Hall–Kier alpha value is -2.08. The van der Waals surface area contributed by atoms with E-state index >= 15 is 0 Å². The highest BCUT2D eigenvalue weighted by Gasteiger charge is 2.32. The van der Waals surface area contributed by atoms with Crippen LogP contribution in [0.3, 0.4) is 0 Å². The number of ether oxygens (including phenoxy) is 2. The van der Waals surface area contributed by atoms with Crippen LogP contribution in [0.25, 0.3) is 0 Å². The minimum absolute atomic E-state index is 0.0691. The molecule has 0 radical (unpaired) electrons. The quantitative estimate of drug-likeness (QED) is 0.754. The highest BCUT2D eigenvalue weighted by molar-refractivity contribution is 5.79. The van der Waals surface area contributed by atoms with Crippen LogP contribution in [-0.4, -0.2) is 62.1 Å². The van der Waals surface area contributed by atoms with Gasteiger partial charge in [0.15, 0.2) is 0 Å². The molecular weight excluding hydrogens is 332 g/mol. The maximum Gasteiger partial charge on any atom is 0.308 e. The molecule has 26 heavy (non-hydrogen) atoms. The molecule has 2 heterocycles. The van der Waals surface area contributed by atoms with Gasteiger partial charge in [-0.05, 0) is 49.9 Å². The average Bonchev–Trinajstić information content (AvgIpc) is 3.15. The number of nitrogens with zero attached hydrogens (tertiary/aromatic N) is 2. The van der Waals surface area contributed by atoms with Gasteiger partial charge in [-0.2, -0.15) is 0 Å². The van der Waals surface area contributed by atoms with Crippen molar-refractivity contribution < 1.29 is 19.1 Å². The lowest BCUT2D eigenvalue weighted by Crippen LogP contribution is -2.45. The van der Waals surface area contributed by atoms with Crippen LogP contribution in [0.15, 0.2) is 24.3 Å². The van der Waals surface area contributed by atoms with Crippen molar-refractivity contribution in [3.63, 3.8) is 0 Å². The number of methoxy groups -OCH3 is 2. The van der Waals surface area contributed by atoms with Crippen molar-refractivity contribution in [2.24, 2.45) is 5.92 Å². The van der Waals surface area contributed by atoms with Gasteiger partial charge < -0.3 is 14.4 Å². The first kappa shape index (κ1) is 18.7. The van der Waals surface area contributed by atoms with Gasteiger partial charge in [-0.3, -0.25) is 14.5 Å². The number of likely N-dealkylation sites (tertiary alicyclic amines) is 2. The van der Waals surface area contributed by atoms with E-state index in [-0.39, 0.29) is 23.8 Å². The molecule has 2 aliphatic heterocycles. The summed E-state index contributed by atoms with van der Waals surface area (Å²) in [5, 5.41) is 0. The molecular formula is C20H28N2O4. The molecule has 6 nitrogen and oxygen atoms in total. The van der Waals surface area contributed by atoms with Crippen LogP contribution >= 0.6 is 0 Å². The van der Waals surface area contributed by atoms with Crippen LogP contribution in [0.1, 0.15) is 37.3 Å². The molecule has 0 bridgehead atoms. The van der Waals surface area contributed by atoms with Gasteiger partial charge in [0.05, 0.1) is 26.7 Å². The Bertz CT molecular complexity index is 640. The van der Waals surface area contributed by atoms with Crippen molar-refractivity contribution in [1.29, 1.82) is 0 Å². The summed E-state index contributed by atoms with van der Waals surface area (Å²) in [6, 6.07) is 8.39. The standard InChI is InChI=1S/C20H28N2O4/c1-25-17-6-3-5-16(13-17)18-7-4-10-22(18)14-19(23)21-11-8-15(9-12-21)20(24)26-2/h3,5-6,13,15,18H,4,7-12,14H2,1-2H3/t18-/m0/s1. The second-order valence-electron chi connectivity index (χ2n) is 7.08. The molecule has 142 valence electrons. The summed E-state index contributed by atoms with van der Waals surface area (Å²) < 4.78 is 10.1. The third kappa shape index (κ3) is 4.18. The Labute approximate surface area is 155 Å². The first-order chi connectivity index (χ1) is 12.6. The molecule has 1 aromatic carbocycles. The van der Waals surface area contributed by atoms with E-state index in [9.17, 15) is 9.59 Å². The van der Waals surface area contributed by atoms with E-state index in [2.05, 4.69) is 17.0 Å². The van der Waals surface area contributed by atoms with Crippen molar-refractivity contribution in [2.75, 3.05) is 40.4 Å². The van der Waals surface area contributed by atoms with Crippen molar-refractivity contribution in [3.05, 3.63) is 29.8 Å². The summed E-state index contributed by atoms with van der Waals surface area (Å²) in [6.45, 7) is 2.64. The molecule has 0 saturated carbocycles. The third-order valence-electron chi connectivity index (χ3n) is 5.56. The topological polar surface area (TPSA) is 59.1 Å². The summed E-state index contributed by atoms with van der Waals surface area (Å²) in [5.41, 5.74) is 1.21. The zero-order valence-corrected chi connectivity index (χ0v) is 15.6. The number of carbonyl (C=O) groups is 2. The molecule has 1 atom stereocenters. The maximum atomic E-state index is 12.7. The summed E-state index contributed by atoms with van der Waals surface area (Å²) in [4.78, 5) is 28.5. The Balaban J connectivity index is 1.57. The van der Waals surface area contributed by atoms with Crippen LogP contribution < -0.4 is 4.74 Å². The van der Waals surface area contributed by atoms with Gasteiger partial charge in [0.2, 0.25) is 5.91 Å². The number of piperidine rings is 1. The second kappa shape index (κ2) is 8.54. The molecule has 2 fully saturated rings. The lowest BCUT2D eigenvalue weighted by Gasteiger charge is -2.33. The molecule has 0 aliphatic carbocycles. The van der Waals surface area contributed by atoms with Crippen molar-refractivity contribution in [1.82, 2.24) is 9.80 Å². The molecule has 2 saturated heterocycles. The Morgan fingerprint density at radius 2 is 1.88 bits per heavy atom. The molecule has 2 aliphatic rings. The van der Waals surface area contributed by atoms with Gasteiger partial charge in [-0.15, -0.1) is 0 Å². The van der Waals surface area contributed by atoms with Gasteiger partial charge in [-0.1, -0.05) is 12.1 Å². The number of benzene rings is 1. The normalized spacial score (nSPS) is 21.6. The third-order valence-corrected chi connectivity index (χ3v) is 5.56. The molecule has 1 aromatic rings. The van der Waals surface area contributed by atoms with Gasteiger partial charge in [0, 0.05) is 19.1 Å². The monoisotopic (exact) mass is 360 g/mol. The smallest absolute Gasteiger partial charge is 0.308 e. The Kier molecular flexibility index (Phi) is 6.14. The molecule has 6 heteroatoms. The van der Waals surface area contributed by atoms with Crippen LogP contribution in [0.5, 0.6) is 5.75 Å². The van der Waals surface area contributed by atoms with Crippen LogP contribution in [0, 0.1) is 5.92 Å². The highest BCUT2D eigenvalue weighted by atomic mass is 16.5. The van der Waals surface area contributed by atoms with E-state index in [4.69, 9.17) is 9.47 Å². The first-order valence-corrected chi connectivity index (χ1v) is 9.36. The number of amides is 1. The summed E-state index contributed by atoms with van der Waals surface area (Å²) in [5.74, 6) is 0.781. The van der Waals surface area contributed by atoms with Gasteiger partial charge in [-0.25, -0.2) is 0 Å². The van der Waals surface area contributed by atoms with E-state index in [0.29, 0.717) is 32.5 Å². The molecule has 0 N–H and O–H groups in total. The van der Waals surface area contributed by atoms with Crippen LogP contribution in [0.2, 0.25) is 0 Å². The van der Waals surface area contributed by atoms with Gasteiger partial charge >= 0.3 is 5.97 Å². The molecule has 3 rings (SSSR count). The fourth-order valence-corrected chi connectivity index (χ4v) is 4.05. The zero-order chi connectivity index (χ0) is 18.5. The van der Waals surface area contributed by atoms with Crippen molar-refractivity contribution in [3.8, 4) is 5.75 Å². The lowest BCUT2D eigenvalue weighted by atomic mass is 9.97. The van der Waals surface area contributed by atoms with Crippen LogP contribution in [-0.2, 0) is 14.3 Å². The summed E-state index contributed by atoms with van der Waals surface area (Å²) >= 11 is 0. The molecule has 0 aromatic heterocycles. The number of esters is 1. The number of rotatable bonds is 5. The molecule has 0 unspecified atom stereocenters. The van der Waals surface area contributed by atoms with Crippen LogP contribution in [0.4, 0.5) is 0 Å². The summed E-state index contributed by atoms with van der Waals surface area (Å²) in [6.07, 6.45) is 3.54. The molecule has 1 amide bonds. The second-order valence-corrected chi connectivity index (χ2v) is 7.08. The van der Waals surface area contributed by atoms with Crippen molar-refractivity contribution >= 4 is 11.9 Å². The summed E-state index contributed by atoms with van der Waals surface area (Å²) in [7, 11) is 3.10. The minimum Gasteiger partial charge on any atom is -0.497 e. The Morgan fingerprint density at radius 1 is 1.12 bits per heavy atom. The average molecular weight is 360 g/mol. The lowest BCUT2D eigenvalue weighted by molar-refractivity contribution is -0.149. The van der Waals surface area contributed by atoms with E-state index in [1.807, 2.05) is 17.0 Å². The van der Waals surface area contributed by atoms with Gasteiger partial charge in [0.1, 0.15) is 5.75 Å². The fourth-order valence-electron chi connectivity index (χ4n) is 4.05. The first-order valence-electron chi connectivity index (χ1n) is 9.36. The number of hydrogen-bond donors (Lipinski definition) is 0. The highest BCUT2D eigenvalue weighted by Crippen LogP contribution is 2.33. The largest absolute Gasteiger partial charge is 0.497 e. The number of carbonyl (C=O) groups excluding carboxylic acids is 2.